The quantitative estimate of drug-likeness (QED) is 0.195. The summed E-state index contributed by atoms with van der Waals surface area (Å²) in [6.07, 6.45) is -4.37. The van der Waals surface area contributed by atoms with Gasteiger partial charge < -0.3 is 10.6 Å². The maximum Gasteiger partial charge on any atom is 0.416 e. The van der Waals surface area contributed by atoms with E-state index in [0.29, 0.717) is 24.0 Å². The zero-order valence-electron chi connectivity index (χ0n) is 20.7. The van der Waals surface area contributed by atoms with Gasteiger partial charge in [0.2, 0.25) is 0 Å². The number of anilines is 1. The van der Waals surface area contributed by atoms with Crippen LogP contribution in [0.1, 0.15) is 35.6 Å². The van der Waals surface area contributed by atoms with E-state index in [1.807, 2.05) is 36.4 Å². The van der Waals surface area contributed by atoms with Crippen molar-refractivity contribution >= 4 is 33.9 Å². The van der Waals surface area contributed by atoms with E-state index in [1.165, 1.54) is 0 Å². The van der Waals surface area contributed by atoms with Crippen molar-refractivity contribution in [1.82, 2.24) is 15.2 Å². The normalized spacial score (nSPS) is 23.8. The fourth-order valence-electron chi connectivity index (χ4n) is 5.83. The number of benzene rings is 2. The van der Waals surface area contributed by atoms with Crippen molar-refractivity contribution in [2.75, 3.05) is 18.4 Å². The number of halogens is 6. The van der Waals surface area contributed by atoms with Gasteiger partial charge in [0.25, 0.3) is 0 Å². The van der Waals surface area contributed by atoms with Crippen molar-refractivity contribution in [1.29, 1.82) is 0 Å². The van der Waals surface area contributed by atoms with Gasteiger partial charge in [-0.3, -0.25) is 9.88 Å². The van der Waals surface area contributed by atoms with Crippen LogP contribution < -0.4 is 10.6 Å². The summed E-state index contributed by atoms with van der Waals surface area (Å²) < 4.78 is 80.3. The zero-order valence-corrected chi connectivity index (χ0v) is 21.5. The molecule has 2 N–H and O–H groups in total. The van der Waals surface area contributed by atoms with Crippen LogP contribution in [0.5, 0.6) is 0 Å². The Morgan fingerprint density at radius 2 is 1.74 bits per heavy atom. The highest BCUT2D eigenvalue weighted by Gasteiger charge is 2.43. The molecule has 2 bridgehead atoms. The van der Waals surface area contributed by atoms with Gasteiger partial charge in [-0.15, -0.1) is 6.58 Å². The van der Waals surface area contributed by atoms with Crippen molar-refractivity contribution < 1.29 is 26.3 Å². The Labute approximate surface area is 227 Å². The van der Waals surface area contributed by atoms with Gasteiger partial charge in [0.05, 0.1) is 22.7 Å². The lowest BCUT2D eigenvalue weighted by Gasteiger charge is -2.52. The van der Waals surface area contributed by atoms with Crippen LogP contribution in [0.3, 0.4) is 0 Å². The largest absolute Gasteiger partial charge is 0.416 e. The van der Waals surface area contributed by atoms with Crippen LogP contribution in [-0.4, -0.2) is 34.1 Å². The van der Waals surface area contributed by atoms with E-state index in [-0.39, 0.29) is 23.3 Å². The van der Waals surface area contributed by atoms with Gasteiger partial charge >= 0.3 is 12.4 Å². The molecule has 4 nitrogen and oxygen atoms in total. The zero-order chi connectivity index (χ0) is 27.9. The molecule has 4 heterocycles. The highest BCUT2D eigenvalue weighted by molar-refractivity contribution is 7.80. The molecule has 11 heteroatoms. The van der Waals surface area contributed by atoms with Crippen molar-refractivity contribution in [2.45, 2.75) is 37.3 Å². The second-order valence-electron chi connectivity index (χ2n) is 10.0. The van der Waals surface area contributed by atoms with Gasteiger partial charge in [-0.05, 0) is 79.3 Å². The fourth-order valence-corrected chi connectivity index (χ4v) is 6.07. The van der Waals surface area contributed by atoms with Crippen LogP contribution in [-0.2, 0) is 12.4 Å². The molecule has 3 aliphatic heterocycles. The summed E-state index contributed by atoms with van der Waals surface area (Å²) in [5.74, 6) is 0.787. The SMILES string of the molecule is C=CC1CN2CCC1C[C@@H]2C(NC(=S)Nc1cc(C(F)(F)F)cc(C(F)(F)F)c1)c1ccnc2ccccc12. The Bertz CT molecular complexity index is 1350. The molecule has 5 atom stereocenters. The molecule has 2 aromatic carbocycles. The molecule has 0 saturated carbocycles. The number of fused-ring (bicyclic) bond motifs is 4. The van der Waals surface area contributed by atoms with E-state index < -0.39 is 29.2 Å². The minimum absolute atomic E-state index is 0.00208. The first-order valence-electron chi connectivity index (χ1n) is 12.5. The van der Waals surface area contributed by atoms with Gasteiger partial charge in [0.1, 0.15) is 0 Å². The Balaban J connectivity index is 1.48. The number of pyridine rings is 1. The molecule has 3 aliphatic rings. The highest BCUT2D eigenvalue weighted by Crippen LogP contribution is 2.42. The number of hydrogen-bond donors (Lipinski definition) is 2. The Kier molecular flexibility index (Phi) is 7.32. The molecule has 0 amide bonds. The van der Waals surface area contributed by atoms with E-state index in [9.17, 15) is 26.3 Å². The number of nitrogens with zero attached hydrogens (tertiary/aromatic N) is 2. The van der Waals surface area contributed by atoms with Crippen molar-refractivity contribution in [3.8, 4) is 0 Å². The number of thiocarbonyl (C=S) groups is 1. The monoisotopic (exact) mass is 564 g/mol. The summed E-state index contributed by atoms with van der Waals surface area (Å²) in [6, 6.07) is 10.4. The van der Waals surface area contributed by atoms with Crippen LogP contribution in [0.25, 0.3) is 10.9 Å². The van der Waals surface area contributed by atoms with Crippen LogP contribution >= 0.6 is 12.2 Å². The predicted molar refractivity (Wildman–Crippen MR) is 142 cm³/mol. The average Bonchev–Trinajstić information content (AvgIpc) is 2.90. The van der Waals surface area contributed by atoms with Gasteiger partial charge in [0, 0.05) is 29.9 Å². The first-order chi connectivity index (χ1) is 18.4. The molecule has 6 rings (SSSR count). The summed E-state index contributed by atoms with van der Waals surface area (Å²) >= 11 is 5.47. The third-order valence-corrected chi connectivity index (χ3v) is 7.91. The topological polar surface area (TPSA) is 40.2 Å². The van der Waals surface area contributed by atoms with Crippen LogP contribution in [0.4, 0.5) is 32.0 Å². The molecular weight excluding hydrogens is 538 g/mol. The summed E-state index contributed by atoms with van der Waals surface area (Å²) in [7, 11) is 0. The van der Waals surface area contributed by atoms with Crippen LogP contribution in [0.2, 0.25) is 0 Å². The van der Waals surface area contributed by atoms with E-state index in [1.54, 1.807) is 6.20 Å². The molecular formula is C28H26F6N4S. The molecule has 1 aromatic heterocycles. The van der Waals surface area contributed by atoms with E-state index in [0.717, 1.165) is 42.4 Å². The van der Waals surface area contributed by atoms with Gasteiger partial charge in [-0.2, -0.15) is 26.3 Å². The number of aromatic nitrogens is 1. The third kappa shape index (κ3) is 5.74. The van der Waals surface area contributed by atoms with Crippen LogP contribution in [0, 0.1) is 11.8 Å². The average molecular weight is 565 g/mol. The molecule has 3 saturated heterocycles. The molecule has 3 aromatic rings. The van der Waals surface area contributed by atoms with Gasteiger partial charge in [0.15, 0.2) is 5.11 Å². The molecule has 0 spiro atoms. The maximum absolute atomic E-state index is 13.4. The number of hydrogen-bond acceptors (Lipinski definition) is 3. The van der Waals surface area contributed by atoms with Crippen molar-refractivity contribution in [3.05, 3.63) is 84.1 Å². The van der Waals surface area contributed by atoms with Crippen LogP contribution in [0.15, 0.2) is 67.4 Å². The maximum atomic E-state index is 13.4. The van der Waals surface area contributed by atoms with E-state index in [4.69, 9.17) is 12.2 Å². The lowest BCUT2D eigenvalue weighted by molar-refractivity contribution is -0.143. The third-order valence-electron chi connectivity index (χ3n) is 7.69. The first-order valence-corrected chi connectivity index (χ1v) is 12.9. The predicted octanol–water partition coefficient (Wildman–Crippen LogP) is 7.20. The molecule has 0 radical (unpaired) electrons. The lowest BCUT2D eigenvalue weighted by Crippen LogP contribution is -2.57. The van der Waals surface area contributed by atoms with E-state index >= 15 is 0 Å². The minimum atomic E-state index is -4.96. The molecule has 0 aliphatic carbocycles. The second kappa shape index (κ2) is 10.4. The lowest BCUT2D eigenvalue weighted by atomic mass is 9.73. The minimum Gasteiger partial charge on any atom is -0.354 e. The molecule has 3 fully saturated rings. The van der Waals surface area contributed by atoms with Crippen molar-refractivity contribution in [2.24, 2.45) is 11.8 Å². The van der Waals surface area contributed by atoms with Crippen molar-refractivity contribution in [3.63, 3.8) is 0 Å². The Morgan fingerprint density at radius 1 is 1.05 bits per heavy atom. The highest BCUT2D eigenvalue weighted by atomic mass is 32.1. The summed E-state index contributed by atoms with van der Waals surface area (Å²) in [5, 5.41) is 6.65. The molecule has 39 heavy (non-hydrogen) atoms. The summed E-state index contributed by atoms with van der Waals surface area (Å²) in [5.41, 5.74) is -1.55. The summed E-state index contributed by atoms with van der Waals surface area (Å²) in [6.45, 7) is 5.68. The fraction of sp³-hybridized carbons (Fsp3) is 0.357. The summed E-state index contributed by atoms with van der Waals surface area (Å²) in [4.78, 5) is 6.79. The second-order valence-corrected chi connectivity index (χ2v) is 10.4. The Hall–Kier alpha value is -3.18. The first kappa shape index (κ1) is 27.4. The number of rotatable bonds is 5. The number of piperidine rings is 3. The standard InChI is InChI=1S/C28H26F6N4S/c1-2-16-15-38-10-8-17(16)11-24(38)25(22-7-9-35-23-6-4-3-5-21(22)23)37-26(39)36-20-13-18(27(29,30)31)12-19(14-20)28(32,33)34/h2-7,9,12-14,16-17,24-25H,1,8,10-11,15H2,(H2,36,37,39)/t16?,17?,24-,25?/m1/s1. The molecule has 4 unspecified atom stereocenters. The Morgan fingerprint density at radius 3 is 2.36 bits per heavy atom. The smallest absolute Gasteiger partial charge is 0.354 e. The number of alkyl halides is 6. The molecule has 206 valence electrons. The van der Waals surface area contributed by atoms with E-state index in [2.05, 4.69) is 27.1 Å². The van der Waals surface area contributed by atoms with Gasteiger partial charge in [-0.25, -0.2) is 0 Å². The number of nitrogens with one attached hydrogen (secondary N) is 2. The number of para-hydroxylation sites is 1. The van der Waals surface area contributed by atoms with Gasteiger partial charge in [-0.1, -0.05) is 24.3 Å².